The molecule has 9 atom stereocenters. The molecule has 14 nitrogen and oxygen atoms in total. The summed E-state index contributed by atoms with van der Waals surface area (Å²) < 4.78 is 76.5. The molecule has 4 aliphatic rings. The van der Waals surface area contributed by atoms with E-state index in [2.05, 4.69) is 117 Å². The minimum atomic E-state index is -3.38. The molecule has 3 aliphatic carbocycles. The van der Waals surface area contributed by atoms with Gasteiger partial charge in [-0.15, -0.1) is 0 Å². The van der Waals surface area contributed by atoms with Crippen molar-refractivity contribution in [2.45, 2.75) is 212 Å². The normalized spacial score (nSPS) is 30.4. The molecule has 1 saturated heterocycles. The smallest absolute Gasteiger partial charge is 0.455 e. The monoisotopic (exact) mass is 1050 g/mol. The van der Waals surface area contributed by atoms with Crippen LogP contribution in [-0.2, 0) is 54.7 Å². The van der Waals surface area contributed by atoms with Crippen LogP contribution in [0.3, 0.4) is 0 Å². The number of hydrogen-bond donors (Lipinski definition) is 0. The number of carbonyl (C=O) groups is 3. The number of hydrogen-bond acceptors (Lipinski definition) is 14. The van der Waals surface area contributed by atoms with Gasteiger partial charge in [0.1, 0.15) is 23.9 Å². The number of carbonyl (C=O) groups excluding carboxylic acids is 3. The minimum Gasteiger partial charge on any atom is -0.455 e. The number of ketones is 1. The molecule has 1 heterocycles. The van der Waals surface area contributed by atoms with E-state index in [-0.39, 0.29) is 58.5 Å². The Bertz CT molecular complexity index is 2020. The average molecular weight is 1050 g/mol. The van der Waals surface area contributed by atoms with E-state index in [1.165, 1.54) is 7.11 Å². The fourth-order valence-electron chi connectivity index (χ4n) is 13.5. The summed E-state index contributed by atoms with van der Waals surface area (Å²) in [5.74, 6) is -2.14. The predicted octanol–water partition coefficient (Wildman–Crippen LogP) is 11.4. The molecule has 1 aliphatic heterocycles. The first-order valence-corrected chi connectivity index (χ1v) is 33.9. The van der Waals surface area contributed by atoms with Crippen LogP contribution >= 0.6 is 0 Å². The minimum absolute atomic E-state index is 0.0102. The quantitative estimate of drug-likeness (QED) is 0.0691. The van der Waals surface area contributed by atoms with Crippen molar-refractivity contribution < 1.29 is 64.3 Å². The van der Waals surface area contributed by atoms with Gasteiger partial charge in [-0.25, -0.2) is 9.59 Å². The standard InChI is InChI=1S/C52H89O14Si4/c1-31(2)68(57-18,32(3)4)63-39-29-52(66-67(21)22)46(61-47(54)38-26-24-23-25-27-38)44-50(16,45(53)43(42(37(39)13)49(52,14)15)65-70(59-20,35(9)10)36(11)12)40(64-69(58-19,33(5)6)34(7)8)28-41-51(44,30-60-41)62-48(55)56-17/h23-27,31-36,39-41,43-44,46H,28-30H2,1-22H3/t39-,40-,41?,43+,44?,46-,50+,51-,52+/m0/s1. The van der Waals surface area contributed by atoms with Crippen LogP contribution in [0.15, 0.2) is 41.5 Å². The Kier molecular flexibility index (Phi) is 18.2. The molecule has 1 aromatic rings. The van der Waals surface area contributed by atoms with Crippen LogP contribution in [0.2, 0.25) is 46.3 Å². The average Bonchev–Trinajstić information content (AvgIpc) is 3.28. The highest BCUT2D eigenvalue weighted by Crippen LogP contribution is 2.67. The second-order valence-corrected chi connectivity index (χ2v) is 38.3. The SMILES string of the molecule is COC(=O)O[C@@]12COC1C[C@H](O[Si](OC)(C(C)C)C(C)C)[C@@]1(C)C(=O)[C@H](O[Si](OC)(C(C)C)C(C)C)C3=C(C)[C@@H](O[Si](OC)(C(C)C)C(C)C)C[C@@](O[Si](C)C)([C@@H](OC(=O)c4ccccc4)C21)C3(C)C. The third kappa shape index (κ3) is 9.40. The van der Waals surface area contributed by atoms with Crippen molar-refractivity contribution >= 4 is 52.6 Å². The second-order valence-electron chi connectivity index (χ2n) is 23.1. The molecule has 5 rings (SSSR count). The second kappa shape index (κ2) is 21.6. The Balaban J connectivity index is 2.10. The van der Waals surface area contributed by atoms with Gasteiger partial charge in [0.2, 0.25) is 9.04 Å². The van der Waals surface area contributed by atoms with Crippen molar-refractivity contribution in [3.63, 3.8) is 0 Å². The zero-order valence-electron chi connectivity index (χ0n) is 46.7. The summed E-state index contributed by atoms with van der Waals surface area (Å²) in [6.45, 7) is 37.4. The Labute approximate surface area is 425 Å². The van der Waals surface area contributed by atoms with E-state index in [1.54, 1.807) is 45.6 Å². The van der Waals surface area contributed by atoms with Crippen molar-refractivity contribution in [1.82, 2.24) is 0 Å². The van der Waals surface area contributed by atoms with Crippen molar-refractivity contribution in [1.29, 1.82) is 0 Å². The molecule has 3 fully saturated rings. The summed E-state index contributed by atoms with van der Waals surface area (Å²) in [7, 11) is -5.16. The van der Waals surface area contributed by atoms with E-state index in [4.69, 9.17) is 49.9 Å². The number of rotatable bonds is 20. The number of benzene rings is 1. The van der Waals surface area contributed by atoms with Gasteiger partial charge in [-0.3, -0.25) is 4.79 Å². The molecule has 2 bridgehead atoms. The lowest BCUT2D eigenvalue weighted by molar-refractivity contribution is -0.341. The van der Waals surface area contributed by atoms with Gasteiger partial charge in [-0.2, -0.15) is 0 Å². The van der Waals surface area contributed by atoms with Crippen LogP contribution < -0.4 is 0 Å². The number of Topliss-reactive ketones (excluding diaryl/α,β-unsaturated/α-hetero) is 1. The van der Waals surface area contributed by atoms with Gasteiger partial charge in [0.25, 0.3) is 0 Å². The summed E-state index contributed by atoms with van der Waals surface area (Å²) in [5.41, 5.74) is -4.46. The highest BCUT2D eigenvalue weighted by atomic mass is 28.4. The maximum absolute atomic E-state index is 17.5. The summed E-state index contributed by atoms with van der Waals surface area (Å²) in [5, 5.41) is 0. The number of fused-ring (bicyclic) bond motifs is 5. The van der Waals surface area contributed by atoms with Gasteiger partial charge in [0.05, 0.1) is 42.8 Å². The van der Waals surface area contributed by atoms with Gasteiger partial charge in [0, 0.05) is 39.6 Å². The molecule has 2 unspecified atom stereocenters. The van der Waals surface area contributed by atoms with Gasteiger partial charge in [-0.05, 0) is 83.5 Å². The molecule has 1 aromatic carbocycles. The van der Waals surface area contributed by atoms with E-state index < -0.39 is 105 Å². The van der Waals surface area contributed by atoms with Crippen LogP contribution in [0.5, 0.6) is 0 Å². The summed E-state index contributed by atoms with van der Waals surface area (Å²) >= 11 is 0. The Morgan fingerprint density at radius 1 is 0.729 bits per heavy atom. The van der Waals surface area contributed by atoms with Crippen molar-refractivity contribution in [3.05, 3.63) is 47.0 Å². The summed E-state index contributed by atoms with van der Waals surface area (Å²) in [6.07, 6.45) is -5.69. The molecule has 18 heteroatoms. The van der Waals surface area contributed by atoms with Gasteiger partial charge < -0.3 is 49.9 Å². The number of methoxy groups -OCH3 is 1. The molecule has 70 heavy (non-hydrogen) atoms. The molecular weight excluding hydrogens is 961 g/mol. The lowest BCUT2D eigenvalue weighted by Crippen LogP contribution is -2.83. The first-order chi connectivity index (χ1) is 32.5. The Hall–Kier alpha value is -2.08. The molecular formula is C52H89O14Si4. The molecule has 2 saturated carbocycles. The Morgan fingerprint density at radius 3 is 1.64 bits per heavy atom. The topological polar surface area (TPSA) is 153 Å². The largest absolute Gasteiger partial charge is 0.508 e. The van der Waals surface area contributed by atoms with Crippen molar-refractivity contribution in [2.24, 2.45) is 16.7 Å². The van der Waals surface area contributed by atoms with Crippen LogP contribution in [-0.4, -0.2) is 129 Å². The molecule has 0 amide bonds. The van der Waals surface area contributed by atoms with Crippen LogP contribution in [0.4, 0.5) is 4.79 Å². The highest BCUT2D eigenvalue weighted by Gasteiger charge is 2.80. The predicted molar refractivity (Wildman–Crippen MR) is 279 cm³/mol. The zero-order chi connectivity index (χ0) is 52.9. The zero-order valence-corrected chi connectivity index (χ0v) is 50.7. The van der Waals surface area contributed by atoms with E-state index in [0.29, 0.717) is 11.1 Å². The molecule has 0 N–H and O–H groups in total. The van der Waals surface area contributed by atoms with Gasteiger partial charge in [-0.1, -0.05) is 115 Å². The van der Waals surface area contributed by atoms with Gasteiger partial charge >= 0.3 is 37.8 Å². The number of esters is 1. The first kappa shape index (κ1) is 58.8. The van der Waals surface area contributed by atoms with E-state index in [9.17, 15) is 4.79 Å². The fraction of sp³-hybridized carbons (Fsp3) is 0.788. The summed E-state index contributed by atoms with van der Waals surface area (Å²) in [4.78, 5) is 46.7. The third-order valence-corrected chi connectivity index (χ3v) is 31.3. The molecule has 1 radical (unpaired) electrons. The highest BCUT2D eigenvalue weighted by molar-refractivity contribution is 6.71. The van der Waals surface area contributed by atoms with Crippen LogP contribution in [0, 0.1) is 16.7 Å². The van der Waals surface area contributed by atoms with Crippen molar-refractivity contribution in [3.8, 4) is 0 Å². The molecule has 0 aromatic heterocycles. The maximum Gasteiger partial charge on any atom is 0.508 e. The maximum atomic E-state index is 17.5. The molecule has 397 valence electrons. The number of ether oxygens (including phenoxy) is 4. The van der Waals surface area contributed by atoms with Crippen LogP contribution in [0.25, 0.3) is 0 Å². The lowest BCUT2D eigenvalue weighted by atomic mass is 9.44. The van der Waals surface area contributed by atoms with Crippen molar-refractivity contribution in [2.75, 3.05) is 35.0 Å². The van der Waals surface area contributed by atoms with E-state index in [0.717, 1.165) is 5.57 Å². The third-order valence-electron chi connectivity index (χ3n) is 17.1. The van der Waals surface area contributed by atoms with E-state index >= 15 is 9.59 Å². The Morgan fingerprint density at radius 2 is 1.21 bits per heavy atom. The van der Waals surface area contributed by atoms with Gasteiger partial charge in [0.15, 0.2) is 11.4 Å². The first-order valence-electron chi connectivity index (χ1n) is 25.6. The van der Waals surface area contributed by atoms with E-state index in [1.807, 2.05) is 13.0 Å². The molecule has 0 spiro atoms. The fourth-order valence-corrected chi connectivity index (χ4v) is 25.5. The summed E-state index contributed by atoms with van der Waals surface area (Å²) in [6, 6.07) is 8.82. The lowest BCUT2D eigenvalue weighted by Gasteiger charge is -2.69. The van der Waals surface area contributed by atoms with Crippen LogP contribution in [0.1, 0.15) is 134 Å².